The Labute approximate surface area is 137 Å². The monoisotopic (exact) mass is 376 g/mol. The number of nitrogens with two attached hydrogens (primary N) is 1. The summed E-state index contributed by atoms with van der Waals surface area (Å²) < 4.78 is 11.8. The SMILES string of the molecule is CCOc1c(Br)cc(Cl)cc1NC(=O)C1CCC(CN)O1. The van der Waals surface area contributed by atoms with Crippen molar-refractivity contribution in [1.29, 1.82) is 0 Å². The predicted molar refractivity (Wildman–Crippen MR) is 85.9 cm³/mol. The summed E-state index contributed by atoms with van der Waals surface area (Å²) in [5.41, 5.74) is 6.08. The summed E-state index contributed by atoms with van der Waals surface area (Å²) in [6, 6.07) is 3.38. The lowest BCUT2D eigenvalue weighted by molar-refractivity contribution is -0.126. The minimum atomic E-state index is -0.481. The Morgan fingerprint density at radius 3 is 2.95 bits per heavy atom. The van der Waals surface area contributed by atoms with Gasteiger partial charge in [0.25, 0.3) is 5.91 Å². The van der Waals surface area contributed by atoms with Crippen LogP contribution in [0.1, 0.15) is 19.8 Å². The number of rotatable bonds is 5. The topological polar surface area (TPSA) is 73.6 Å². The van der Waals surface area contributed by atoms with Crippen molar-refractivity contribution in [2.45, 2.75) is 32.0 Å². The van der Waals surface area contributed by atoms with E-state index >= 15 is 0 Å². The number of nitrogens with one attached hydrogen (secondary N) is 1. The molecule has 5 nitrogen and oxygen atoms in total. The molecule has 116 valence electrons. The van der Waals surface area contributed by atoms with E-state index in [1.165, 1.54) is 0 Å². The van der Waals surface area contributed by atoms with Crippen LogP contribution in [0.2, 0.25) is 5.02 Å². The number of hydrogen-bond acceptors (Lipinski definition) is 4. The molecular weight excluding hydrogens is 360 g/mol. The van der Waals surface area contributed by atoms with Gasteiger partial charge < -0.3 is 20.5 Å². The zero-order valence-corrected chi connectivity index (χ0v) is 14.0. The van der Waals surface area contributed by atoms with Gasteiger partial charge in [-0.3, -0.25) is 4.79 Å². The van der Waals surface area contributed by atoms with Gasteiger partial charge in [0.15, 0.2) is 5.75 Å². The van der Waals surface area contributed by atoms with Crippen LogP contribution in [0.15, 0.2) is 16.6 Å². The van der Waals surface area contributed by atoms with Gasteiger partial charge in [0, 0.05) is 11.6 Å². The van der Waals surface area contributed by atoms with E-state index in [4.69, 9.17) is 26.8 Å². The maximum atomic E-state index is 12.3. The van der Waals surface area contributed by atoms with Crippen molar-refractivity contribution in [3.8, 4) is 5.75 Å². The van der Waals surface area contributed by atoms with E-state index < -0.39 is 6.10 Å². The zero-order chi connectivity index (χ0) is 15.4. The lowest BCUT2D eigenvalue weighted by Gasteiger charge is -2.16. The third-order valence-corrected chi connectivity index (χ3v) is 4.03. The molecule has 3 N–H and O–H groups in total. The van der Waals surface area contributed by atoms with Crippen LogP contribution >= 0.6 is 27.5 Å². The number of ether oxygens (including phenoxy) is 2. The minimum absolute atomic E-state index is 0.0433. The van der Waals surface area contributed by atoms with Gasteiger partial charge in [-0.05, 0) is 47.8 Å². The number of carbonyl (C=O) groups excluding carboxylic acids is 1. The van der Waals surface area contributed by atoms with Crippen molar-refractivity contribution in [2.75, 3.05) is 18.5 Å². The highest BCUT2D eigenvalue weighted by Crippen LogP contribution is 2.37. The first kappa shape index (κ1) is 16.5. The maximum Gasteiger partial charge on any atom is 0.253 e. The third kappa shape index (κ3) is 4.10. The molecule has 1 aliphatic rings. The van der Waals surface area contributed by atoms with Crippen LogP contribution in [0.4, 0.5) is 5.69 Å². The van der Waals surface area contributed by atoms with Crippen molar-refractivity contribution in [2.24, 2.45) is 5.73 Å². The Hall–Kier alpha value is -0.820. The van der Waals surface area contributed by atoms with Crippen LogP contribution in [0.5, 0.6) is 5.75 Å². The Balaban J connectivity index is 2.13. The maximum absolute atomic E-state index is 12.3. The van der Waals surface area contributed by atoms with Crippen LogP contribution in [0, 0.1) is 0 Å². The fraction of sp³-hybridized carbons (Fsp3) is 0.500. The summed E-state index contributed by atoms with van der Waals surface area (Å²) >= 11 is 9.41. The molecule has 0 aromatic heterocycles. The second-order valence-corrected chi connectivity index (χ2v) is 6.04. The molecule has 2 unspecified atom stereocenters. The van der Waals surface area contributed by atoms with Crippen LogP contribution < -0.4 is 15.8 Å². The van der Waals surface area contributed by atoms with Gasteiger partial charge in [-0.2, -0.15) is 0 Å². The van der Waals surface area contributed by atoms with E-state index in [-0.39, 0.29) is 12.0 Å². The third-order valence-electron chi connectivity index (χ3n) is 3.22. The first-order valence-corrected chi connectivity index (χ1v) is 8.00. The van der Waals surface area contributed by atoms with Gasteiger partial charge in [-0.1, -0.05) is 11.6 Å². The fourth-order valence-electron chi connectivity index (χ4n) is 2.23. The number of carbonyl (C=O) groups is 1. The molecule has 2 atom stereocenters. The molecular formula is C14H18BrClN2O3. The molecule has 1 fully saturated rings. The molecule has 1 aromatic carbocycles. The molecule has 1 amide bonds. The Kier molecular flexibility index (Phi) is 5.87. The van der Waals surface area contributed by atoms with Crippen LogP contribution in [-0.2, 0) is 9.53 Å². The number of benzene rings is 1. The number of anilines is 1. The van der Waals surface area contributed by atoms with Crippen molar-refractivity contribution in [3.05, 3.63) is 21.6 Å². The normalized spacial score (nSPS) is 21.3. The second-order valence-electron chi connectivity index (χ2n) is 4.75. The summed E-state index contributed by atoms with van der Waals surface area (Å²) in [5, 5.41) is 3.33. The quantitative estimate of drug-likeness (QED) is 0.827. The van der Waals surface area contributed by atoms with E-state index in [1.54, 1.807) is 12.1 Å². The van der Waals surface area contributed by atoms with Gasteiger partial charge in [-0.15, -0.1) is 0 Å². The van der Waals surface area contributed by atoms with Crippen molar-refractivity contribution in [3.63, 3.8) is 0 Å². The molecule has 21 heavy (non-hydrogen) atoms. The number of hydrogen-bond donors (Lipinski definition) is 2. The van der Waals surface area contributed by atoms with Gasteiger partial charge in [0.1, 0.15) is 6.10 Å². The standard InChI is InChI=1S/C14H18BrClN2O3/c1-2-20-13-10(15)5-8(16)6-11(13)18-14(19)12-4-3-9(7-17)21-12/h5-6,9,12H,2-4,7,17H2,1H3,(H,18,19). The summed E-state index contributed by atoms with van der Waals surface area (Å²) in [4.78, 5) is 12.3. The van der Waals surface area contributed by atoms with Crippen LogP contribution in [0.25, 0.3) is 0 Å². The number of amides is 1. The minimum Gasteiger partial charge on any atom is -0.491 e. The molecule has 0 spiro atoms. The Bertz CT molecular complexity index is 527. The molecule has 7 heteroatoms. The Morgan fingerprint density at radius 1 is 1.57 bits per heavy atom. The molecule has 1 heterocycles. The highest BCUT2D eigenvalue weighted by atomic mass is 79.9. The summed E-state index contributed by atoms with van der Waals surface area (Å²) in [6.07, 6.45) is 0.940. The highest BCUT2D eigenvalue weighted by Gasteiger charge is 2.30. The van der Waals surface area contributed by atoms with Gasteiger partial charge in [0.05, 0.1) is 22.9 Å². The number of halogens is 2. The summed E-state index contributed by atoms with van der Waals surface area (Å²) in [6.45, 7) is 2.79. The first-order valence-electron chi connectivity index (χ1n) is 6.83. The van der Waals surface area contributed by atoms with E-state index in [0.29, 0.717) is 40.5 Å². The van der Waals surface area contributed by atoms with Crippen molar-refractivity contribution < 1.29 is 14.3 Å². The molecule has 0 bridgehead atoms. The zero-order valence-electron chi connectivity index (χ0n) is 11.7. The molecule has 0 saturated carbocycles. The van der Waals surface area contributed by atoms with E-state index in [1.807, 2.05) is 6.92 Å². The summed E-state index contributed by atoms with van der Waals surface area (Å²) in [7, 11) is 0. The summed E-state index contributed by atoms with van der Waals surface area (Å²) in [5.74, 6) is 0.352. The Morgan fingerprint density at radius 2 is 2.33 bits per heavy atom. The lowest BCUT2D eigenvalue weighted by atomic mass is 10.2. The van der Waals surface area contributed by atoms with Gasteiger partial charge in [-0.25, -0.2) is 0 Å². The van der Waals surface area contributed by atoms with E-state index in [9.17, 15) is 4.79 Å². The molecule has 0 radical (unpaired) electrons. The molecule has 1 aromatic rings. The van der Waals surface area contributed by atoms with Gasteiger partial charge in [0.2, 0.25) is 0 Å². The second kappa shape index (κ2) is 7.45. The largest absolute Gasteiger partial charge is 0.491 e. The average molecular weight is 378 g/mol. The van der Waals surface area contributed by atoms with Gasteiger partial charge >= 0.3 is 0 Å². The van der Waals surface area contributed by atoms with Crippen molar-refractivity contribution >= 4 is 39.1 Å². The first-order chi connectivity index (χ1) is 10.0. The van der Waals surface area contributed by atoms with Crippen molar-refractivity contribution in [1.82, 2.24) is 0 Å². The van der Waals surface area contributed by atoms with E-state index in [0.717, 1.165) is 6.42 Å². The highest BCUT2D eigenvalue weighted by molar-refractivity contribution is 9.10. The van der Waals surface area contributed by atoms with E-state index in [2.05, 4.69) is 21.2 Å². The smallest absolute Gasteiger partial charge is 0.253 e. The molecule has 2 rings (SSSR count). The average Bonchev–Trinajstić information content (AvgIpc) is 2.91. The fourth-order valence-corrected chi connectivity index (χ4v) is 3.15. The molecule has 0 aliphatic carbocycles. The lowest BCUT2D eigenvalue weighted by Crippen LogP contribution is -2.30. The molecule has 1 saturated heterocycles. The molecule has 1 aliphatic heterocycles. The predicted octanol–water partition coefficient (Wildman–Crippen LogP) is 2.95. The van der Waals surface area contributed by atoms with Crippen LogP contribution in [0.3, 0.4) is 0 Å². The van der Waals surface area contributed by atoms with Crippen LogP contribution in [-0.4, -0.2) is 31.3 Å².